The molecule has 0 aliphatic heterocycles. The van der Waals surface area contributed by atoms with Crippen molar-refractivity contribution < 1.29 is 22.6 Å². The van der Waals surface area contributed by atoms with E-state index in [4.69, 9.17) is 14.2 Å². The second-order valence-electron chi connectivity index (χ2n) is 5.61. The SMILES string of the molecule is COc1ccc(C(C)NS(=O)(=O)c2cc(C)ccc2OC)cc1OC. The topological polar surface area (TPSA) is 73.9 Å². The monoisotopic (exact) mass is 365 g/mol. The summed E-state index contributed by atoms with van der Waals surface area (Å²) < 4.78 is 43.9. The highest BCUT2D eigenvalue weighted by Gasteiger charge is 2.23. The summed E-state index contributed by atoms with van der Waals surface area (Å²) in [5, 5.41) is 0. The molecular formula is C18H23NO5S. The van der Waals surface area contributed by atoms with E-state index in [1.54, 1.807) is 50.4 Å². The lowest BCUT2D eigenvalue weighted by molar-refractivity contribution is 0.354. The third kappa shape index (κ3) is 4.24. The van der Waals surface area contributed by atoms with E-state index in [1.807, 2.05) is 6.92 Å². The summed E-state index contributed by atoms with van der Waals surface area (Å²) in [5.74, 6) is 1.43. The van der Waals surface area contributed by atoms with Gasteiger partial charge in [0.1, 0.15) is 10.6 Å². The van der Waals surface area contributed by atoms with Crippen LogP contribution in [0, 0.1) is 6.92 Å². The van der Waals surface area contributed by atoms with E-state index >= 15 is 0 Å². The number of ether oxygens (including phenoxy) is 3. The van der Waals surface area contributed by atoms with Crippen molar-refractivity contribution in [2.45, 2.75) is 24.8 Å². The second kappa shape index (κ2) is 7.76. The third-order valence-electron chi connectivity index (χ3n) is 3.85. The van der Waals surface area contributed by atoms with Crippen molar-refractivity contribution in [2.75, 3.05) is 21.3 Å². The molecule has 2 rings (SSSR count). The maximum Gasteiger partial charge on any atom is 0.244 e. The van der Waals surface area contributed by atoms with Crippen molar-refractivity contribution in [3.05, 3.63) is 47.5 Å². The Bertz CT molecular complexity index is 849. The van der Waals surface area contributed by atoms with Gasteiger partial charge in [0.15, 0.2) is 11.5 Å². The summed E-state index contributed by atoms with van der Waals surface area (Å²) in [5.41, 5.74) is 1.59. The van der Waals surface area contributed by atoms with Crippen LogP contribution in [0.4, 0.5) is 0 Å². The van der Waals surface area contributed by atoms with Gasteiger partial charge in [-0.05, 0) is 49.2 Å². The minimum atomic E-state index is -3.76. The molecule has 0 saturated heterocycles. The number of sulfonamides is 1. The predicted octanol–water partition coefficient (Wildman–Crippen LogP) is 3.06. The van der Waals surface area contributed by atoms with E-state index in [9.17, 15) is 8.42 Å². The number of hydrogen-bond donors (Lipinski definition) is 1. The molecule has 136 valence electrons. The van der Waals surface area contributed by atoms with Gasteiger partial charge in [0.2, 0.25) is 10.0 Å². The minimum Gasteiger partial charge on any atom is -0.495 e. The molecule has 6 nitrogen and oxygen atoms in total. The Labute approximate surface area is 148 Å². The lowest BCUT2D eigenvalue weighted by atomic mass is 10.1. The summed E-state index contributed by atoms with van der Waals surface area (Å²) in [4.78, 5) is 0.113. The standard InChI is InChI=1S/C18H23NO5S/c1-12-6-8-16(23-4)18(10-12)25(20,21)19-13(2)14-7-9-15(22-3)17(11-14)24-5/h6-11,13,19H,1-5H3. The molecule has 1 unspecified atom stereocenters. The zero-order valence-corrected chi connectivity index (χ0v) is 15.8. The smallest absolute Gasteiger partial charge is 0.244 e. The van der Waals surface area contributed by atoms with Crippen molar-refractivity contribution in [3.8, 4) is 17.2 Å². The molecule has 0 aliphatic rings. The fourth-order valence-corrected chi connectivity index (χ4v) is 3.97. The fourth-order valence-electron chi connectivity index (χ4n) is 2.48. The molecule has 0 aromatic heterocycles. The zero-order valence-electron chi connectivity index (χ0n) is 15.0. The summed E-state index contributed by atoms with van der Waals surface area (Å²) >= 11 is 0. The first kappa shape index (κ1) is 19.1. The first-order valence-corrected chi connectivity index (χ1v) is 9.19. The molecule has 7 heteroatoms. The average molecular weight is 365 g/mol. The molecule has 0 fully saturated rings. The quantitative estimate of drug-likeness (QED) is 0.816. The molecule has 0 amide bonds. The molecule has 0 saturated carbocycles. The van der Waals surface area contributed by atoms with Crippen molar-refractivity contribution in [1.29, 1.82) is 0 Å². The van der Waals surface area contributed by atoms with Gasteiger partial charge in [-0.2, -0.15) is 0 Å². The largest absolute Gasteiger partial charge is 0.495 e. The number of rotatable bonds is 7. The van der Waals surface area contributed by atoms with E-state index in [-0.39, 0.29) is 4.90 Å². The van der Waals surface area contributed by atoms with Crippen molar-refractivity contribution in [2.24, 2.45) is 0 Å². The highest BCUT2D eigenvalue weighted by molar-refractivity contribution is 7.89. The van der Waals surface area contributed by atoms with Crippen molar-refractivity contribution in [1.82, 2.24) is 4.72 Å². The molecule has 0 spiro atoms. The van der Waals surface area contributed by atoms with Crippen molar-refractivity contribution in [3.63, 3.8) is 0 Å². The molecular weight excluding hydrogens is 342 g/mol. The highest BCUT2D eigenvalue weighted by atomic mass is 32.2. The minimum absolute atomic E-state index is 0.113. The number of hydrogen-bond acceptors (Lipinski definition) is 5. The van der Waals surface area contributed by atoms with E-state index in [0.29, 0.717) is 17.2 Å². The lowest BCUT2D eigenvalue weighted by Crippen LogP contribution is -2.27. The van der Waals surface area contributed by atoms with Crippen LogP contribution in [-0.2, 0) is 10.0 Å². The first-order chi connectivity index (χ1) is 11.8. The Hall–Kier alpha value is -2.25. The van der Waals surface area contributed by atoms with Crippen LogP contribution in [-0.4, -0.2) is 29.7 Å². The Morgan fingerprint density at radius 1 is 0.880 bits per heavy atom. The molecule has 0 heterocycles. The normalized spacial score (nSPS) is 12.5. The molecule has 1 atom stereocenters. The van der Waals surface area contributed by atoms with E-state index in [0.717, 1.165) is 11.1 Å². The highest BCUT2D eigenvalue weighted by Crippen LogP contribution is 2.31. The van der Waals surface area contributed by atoms with Crippen LogP contribution in [0.2, 0.25) is 0 Å². The van der Waals surface area contributed by atoms with Gasteiger partial charge in [0.05, 0.1) is 21.3 Å². The van der Waals surface area contributed by atoms with Gasteiger partial charge in [0.25, 0.3) is 0 Å². The summed E-state index contributed by atoms with van der Waals surface area (Å²) in [6.45, 7) is 3.59. The van der Waals surface area contributed by atoms with Gasteiger partial charge >= 0.3 is 0 Å². The summed E-state index contributed by atoms with van der Waals surface area (Å²) in [7, 11) is 0.776. The molecule has 0 radical (unpaired) electrons. The van der Waals surface area contributed by atoms with Gasteiger partial charge in [-0.3, -0.25) is 0 Å². The molecule has 0 bridgehead atoms. The second-order valence-corrected chi connectivity index (χ2v) is 7.29. The van der Waals surface area contributed by atoms with Crippen LogP contribution in [0.3, 0.4) is 0 Å². The van der Waals surface area contributed by atoms with E-state index in [1.165, 1.54) is 14.2 Å². The number of aryl methyl sites for hydroxylation is 1. The van der Waals surface area contributed by atoms with Crippen LogP contribution in [0.15, 0.2) is 41.3 Å². The molecule has 0 aliphatic carbocycles. The van der Waals surface area contributed by atoms with E-state index in [2.05, 4.69) is 4.72 Å². The first-order valence-electron chi connectivity index (χ1n) is 7.71. The van der Waals surface area contributed by atoms with Gasteiger partial charge < -0.3 is 14.2 Å². The van der Waals surface area contributed by atoms with Gasteiger partial charge in [0, 0.05) is 6.04 Å². The predicted molar refractivity (Wildman–Crippen MR) is 96.0 cm³/mol. The van der Waals surface area contributed by atoms with Crippen LogP contribution >= 0.6 is 0 Å². The van der Waals surface area contributed by atoms with Gasteiger partial charge in [-0.15, -0.1) is 0 Å². The number of methoxy groups -OCH3 is 3. The maximum absolute atomic E-state index is 12.8. The summed E-state index contributed by atoms with van der Waals surface area (Å²) in [6.07, 6.45) is 0. The average Bonchev–Trinajstić information content (AvgIpc) is 2.60. The summed E-state index contributed by atoms with van der Waals surface area (Å²) in [6, 6.07) is 9.85. The number of benzene rings is 2. The van der Waals surface area contributed by atoms with Gasteiger partial charge in [-0.25, -0.2) is 13.1 Å². The van der Waals surface area contributed by atoms with Crippen LogP contribution < -0.4 is 18.9 Å². The van der Waals surface area contributed by atoms with Crippen molar-refractivity contribution >= 4 is 10.0 Å². The van der Waals surface area contributed by atoms with Crippen LogP contribution in [0.1, 0.15) is 24.1 Å². The Morgan fingerprint density at radius 2 is 1.48 bits per heavy atom. The fraction of sp³-hybridized carbons (Fsp3) is 0.333. The Kier molecular flexibility index (Phi) is 5.92. The Morgan fingerprint density at radius 3 is 2.08 bits per heavy atom. The van der Waals surface area contributed by atoms with Crippen LogP contribution in [0.25, 0.3) is 0 Å². The molecule has 1 N–H and O–H groups in total. The zero-order chi connectivity index (χ0) is 18.6. The molecule has 25 heavy (non-hydrogen) atoms. The van der Waals surface area contributed by atoms with Crippen LogP contribution in [0.5, 0.6) is 17.2 Å². The Balaban J connectivity index is 2.33. The molecule has 2 aromatic rings. The lowest BCUT2D eigenvalue weighted by Gasteiger charge is -2.18. The van der Waals surface area contributed by atoms with E-state index < -0.39 is 16.1 Å². The molecule has 2 aromatic carbocycles. The number of nitrogens with one attached hydrogen (secondary N) is 1. The third-order valence-corrected chi connectivity index (χ3v) is 5.41. The maximum atomic E-state index is 12.8. The van der Waals surface area contributed by atoms with Gasteiger partial charge in [-0.1, -0.05) is 12.1 Å².